The number of hydrogen-bond donors (Lipinski definition) is 2. The minimum Gasteiger partial charge on any atom is -0.467 e. The highest BCUT2D eigenvalue weighted by Crippen LogP contribution is 2.12. The number of amides is 1. The Labute approximate surface area is 132 Å². The molecule has 0 unspecified atom stereocenters. The summed E-state index contributed by atoms with van der Waals surface area (Å²) in [5.74, 6) is 0.551. The molecule has 1 fully saturated rings. The summed E-state index contributed by atoms with van der Waals surface area (Å²) in [7, 11) is 0. The van der Waals surface area contributed by atoms with Gasteiger partial charge < -0.3 is 25.1 Å². The van der Waals surface area contributed by atoms with Gasteiger partial charge in [0.25, 0.3) is 5.91 Å². The number of hydrogen-bond acceptors (Lipinski definition) is 5. The summed E-state index contributed by atoms with van der Waals surface area (Å²) >= 11 is 0. The fourth-order valence-electron chi connectivity index (χ4n) is 2.59. The van der Waals surface area contributed by atoms with Crippen molar-refractivity contribution in [2.75, 3.05) is 26.2 Å². The van der Waals surface area contributed by atoms with Gasteiger partial charge in [-0.1, -0.05) is 0 Å². The highest BCUT2D eigenvalue weighted by atomic mass is 16.5. The molecule has 1 aromatic heterocycles. The van der Waals surface area contributed by atoms with E-state index in [1.807, 2.05) is 13.8 Å². The average Bonchev–Trinajstić information content (AvgIpc) is 2.98. The van der Waals surface area contributed by atoms with Gasteiger partial charge in [0.2, 0.25) is 0 Å². The predicted octanol–water partition coefficient (Wildman–Crippen LogP) is 1.36. The highest BCUT2D eigenvalue weighted by Gasteiger charge is 2.21. The molecule has 0 saturated carbocycles. The lowest BCUT2D eigenvalue weighted by Gasteiger charge is -2.32. The highest BCUT2D eigenvalue weighted by molar-refractivity contribution is 5.94. The fourth-order valence-corrected chi connectivity index (χ4v) is 2.59. The topological polar surface area (TPSA) is 80.7 Å². The van der Waals surface area contributed by atoms with Crippen molar-refractivity contribution >= 4 is 5.91 Å². The second kappa shape index (κ2) is 8.31. The molecule has 0 bridgehead atoms. The maximum atomic E-state index is 12.1. The molecular weight excluding hydrogens is 282 g/mol. The number of carbonyl (C=O) groups is 1. The van der Waals surface area contributed by atoms with Crippen LogP contribution in [0.3, 0.4) is 0 Å². The van der Waals surface area contributed by atoms with Crippen molar-refractivity contribution in [1.82, 2.24) is 10.2 Å². The zero-order valence-corrected chi connectivity index (χ0v) is 13.5. The first-order valence-electron chi connectivity index (χ1n) is 8.00. The number of nitrogens with two attached hydrogens (primary N) is 1. The van der Waals surface area contributed by atoms with Gasteiger partial charge >= 0.3 is 0 Å². The van der Waals surface area contributed by atoms with E-state index in [2.05, 4.69) is 10.2 Å². The molecule has 22 heavy (non-hydrogen) atoms. The van der Waals surface area contributed by atoms with E-state index in [0.717, 1.165) is 39.1 Å². The predicted molar refractivity (Wildman–Crippen MR) is 84.6 cm³/mol. The summed E-state index contributed by atoms with van der Waals surface area (Å²) in [5, 5.41) is 3.07. The zero-order valence-electron chi connectivity index (χ0n) is 13.5. The van der Waals surface area contributed by atoms with Crippen molar-refractivity contribution in [2.45, 2.75) is 45.4 Å². The Bertz CT molecular complexity index is 465. The van der Waals surface area contributed by atoms with Crippen molar-refractivity contribution in [2.24, 2.45) is 5.73 Å². The third kappa shape index (κ3) is 5.12. The summed E-state index contributed by atoms with van der Waals surface area (Å²) in [5.41, 5.74) is 6.03. The van der Waals surface area contributed by atoms with Crippen molar-refractivity contribution in [3.8, 4) is 0 Å². The van der Waals surface area contributed by atoms with Crippen LogP contribution in [-0.4, -0.2) is 49.2 Å². The third-order valence-corrected chi connectivity index (χ3v) is 3.90. The lowest BCUT2D eigenvalue weighted by molar-refractivity contribution is 0.0520. The lowest BCUT2D eigenvalue weighted by atomic mass is 10.0. The van der Waals surface area contributed by atoms with Gasteiger partial charge in [0.05, 0.1) is 24.8 Å². The molecule has 2 rings (SSSR count). The number of likely N-dealkylation sites (tertiary alicyclic amines) is 1. The van der Waals surface area contributed by atoms with Gasteiger partial charge in [0.15, 0.2) is 0 Å². The summed E-state index contributed by atoms with van der Waals surface area (Å²) < 4.78 is 10.8. The van der Waals surface area contributed by atoms with Crippen molar-refractivity contribution in [3.05, 3.63) is 23.7 Å². The van der Waals surface area contributed by atoms with Crippen LogP contribution in [0.4, 0.5) is 0 Å². The van der Waals surface area contributed by atoms with Crippen LogP contribution in [0, 0.1) is 0 Å². The molecule has 1 aliphatic rings. The van der Waals surface area contributed by atoms with Crippen LogP contribution < -0.4 is 11.1 Å². The van der Waals surface area contributed by atoms with E-state index < -0.39 is 0 Å². The molecule has 3 N–H and O–H groups in total. The quantitative estimate of drug-likeness (QED) is 0.795. The van der Waals surface area contributed by atoms with Gasteiger partial charge in [-0.15, -0.1) is 0 Å². The molecule has 2 heterocycles. The van der Waals surface area contributed by atoms with Crippen LogP contribution >= 0.6 is 0 Å². The average molecular weight is 309 g/mol. The van der Waals surface area contributed by atoms with Crippen LogP contribution in [0.5, 0.6) is 0 Å². The van der Waals surface area contributed by atoms with Crippen LogP contribution in [-0.2, 0) is 11.3 Å². The van der Waals surface area contributed by atoms with E-state index in [0.29, 0.717) is 17.9 Å². The maximum absolute atomic E-state index is 12.1. The Kier molecular flexibility index (Phi) is 6.42. The Balaban J connectivity index is 1.69. The van der Waals surface area contributed by atoms with Gasteiger partial charge in [0.1, 0.15) is 12.0 Å². The number of nitrogens with zero attached hydrogens (tertiary/aromatic N) is 1. The minimum atomic E-state index is -0.0787. The number of furan rings is 1. The number of nitrogens with one attached hydrogen (secondary N) is 1. The number of piperidine rings is 1. The molecule has 1 amide bonds. The monoisotopic (exact) mass is 309 g/mol. The van der Waals surface area contributed by atoms with Crippen LogP contribution in [0.15, 0.2) is 16.7 Å². The molecule has 124 valence electrons. The van der Waals surface area contributed by atoms with Crippen molar-refractivity contribution < 1.29 is 13.9 Å². The first-order chi connectivity index (χ1) is 10.6. The van der Waals surface area contributed by atoms with E-state index in [9.17, 15) is 4.79 Å². The van der Waals surface area contributed by atoms with Gasteiger partial charge in [-0.2, -0.15) is 0 Å². The number of ether oxygens (including phenoxy) is 1. The largest absolute Gasteiger partial charge is 0.467 e. The summed E-state index contributed by atoms with van der Waals surface area (Å²) in [6.07, 6.45) is 3.69. The Hall–Kier alpha value is -1.37. The standard InChI is InChI=1S/C16H27N3O3/c1-12(2)21-8-7-19-5-3-14(4-6-19)18-16(20)13-9-15(10-17)22-11-13/h9,11-12,14H,3-8,10,17H2,1-2H3,(H,18,20). The molecule has 1 aliphatic heterocycles. The smallest absolute Gasteiger partial charge is 0.254 e. The Morgan fingerprint density at radius 1 is 1.50 bits per heavy atom. The third-order valence-electron chi connectivity index (χ3n) is 3.90. The van der Waals surface area contributed by atoms with Gasteiger partial charge in [0, 0.05) is 25.7 Å². The van der Waals surface area contributed by atoms with Crippen LogP contribution in [0.25, 0.3) is 0 Å². The molecule has 0 aliphatic carbocycles. The molecule has 1 saturated heterocycles. The molecule has 0 radical (unpaired) electrons. The Morgan fingerprint density at radius 3 is 2.82 bits per heavy atom. The zero-order chi connectivity index (χ0) is 15.9. The molecule has 6 nitrogen and oxygen atoms in total. The first kappa shape index (κ1) is 17.0. The normalized spacial score (nSPS) is 17.1. The number of carbonyl (C=O) groups excluding carboxylic acids is 1. The second-order valence-electron chi connectivity index (χ2n) is 6.01. The maximum Gasteiger partial charge on any atom is 0.254 e. The number of rotatable bonds is 7. The SMILES string of the molecule is CC(C)OCCN1CCC(NC(=O)c2coc(CN)c2)CC1. The van der Waals surface area contributed by atoms with E-state index in [4.69, 9.17) is 14.9 Å². The van der Waals surface area contributed by atoms with Crippen LogP contribution in [0.2, 0.25) is 0 Å². The van der Waals surface area contributed by atoms with Crippen molar-refractivity contribution in [3.63, 3.8) is 0 Å². The second-order valence-corrected chi connectivity index (χ2v) is 6.01. The molecule has 1 aromatic rings. The van der Waals surface area contributed by atoms with Crippen LogP contribution in [0.1, 0.15) is 42.8 Å². The molecule has 0 aromatic carbocycles. The van der Waals surface area contributed by atoms with E-state index in [-0.39, 0.29) is 18.1 Å². The van der Waals surface area contributed by atoms with E-state index in [1.165, 1.54) is 6.26 Å². The minimum absolute atomic E-state index is 0.0787. The summed E-state index contributed by atoms with van der Waals surface area (Å²) in [6.45, 7) is 8.12. The summed E-state index contributed by atoms with van der Waals surface area (Å²) in [4.78, 5) is 14.5. The van der Waals surface area contributed by atoms with Crippen molar-refractivity contribution in [1.29, 1.82) is 0 Å². The van der Waals surface area contributed by atoms with Gasteiger partial charge in [-0.3, -0.25) is 4.79 Å². The first-order valence-corrected chi connectivity index (χ1v) is 8.00. The van der Waals surface area contributed by atoms with Gasteiger partial charge in [-0.25, -0.2) is 0 Å². The molecule has 0 spiro atoms. The lowest BCUT2D eigenvalue weighted by Crippen LogP contribution is -2.45. The Morgan fingerprint density at radius 2 is 2.23 bits per heavy atom. The fraction of sp³-hybridized carbons (Fsp3) is 0.688. The van der Waals surface area contributed by atoms with E-state index in [1.54, 1.807) is 6.07 Å². The summed E-state index contributed by atoms with van der Waals surface area (Å²) in [6, 6.07) is 1.93. The molecule has 6 heteroatoms. The van der Waals surface area contributed by atoms with E-state index >= 15 is 0 Å². The molecule has 0 atom stereocenters. The van der Waals surface area contributed by atoms with Gasteiger partial charge in [-0.05, 0) is 32.8 Å². The molecular formula is C16H27N3O3.